The molecule has 8 heteroatoms. The van der Waals surface area contributed by atoms with E-state index in [1.54, 1.807) is 38.1 Å². The Kier molecular flexibility index (Phi) is 7.25. The lowest BCUT2D eigenvalue weighted by molar-refractivity contribution is -0.160. The number of rotatable bonds is 8. The number of para-hydroxylation sites is 2. The molecule has 2 unspecified atom stereocenters. The summed E-state index contributed by atoms with van der Waals surface area (Å²) in [5.41, 5.74) is 0. The molecule has 1 N–H and O–H groups in total. The normalized spacial score (nSPS) is 17.9. The molecule has 8 nitrogen and oxygen atoms in total. The van der Waals surface area contributed by atoms with E-state index in [0.717, 1.165) is 0 Å². The molecule has 142 valence electrons. The van der Waals surface area contributed by atoms with Crippen LogP contribution in [0.5, 0.6) is 11.5 Å². The molecule has 0 radical (unpaired) electrons. The minimum Gasteiger partial charge on any atom is -0.482 e. The minimum atomic E-state index is -0.943. The topological polar surface area (TPSA) is 100 Å². The zero-order valence-electron chi connectivity index (χ0n) is 14.9. The van der Waals surface area contributed by atoms with Crippen molar-refractivity contribution in [3.8, 4) is 11.5 Å². The van der Waals surface area contributed by atoms with Crippen LogP contribution in [0.4, 0.5) is 0 Å². The monoisotopic (exact) mass is 365 g/mol. The standard InChI is InChI=1S/C18H23NO7/c1-3-23-16(21)9-6-10-19-15(20)11-24-18(22)17-12(2)25-13-7-4-5-8-14(13)26-17/h4-5,7-8,12,17H,3,6,9-11H2,1-2H3,(H,19,20). The van der Waals surface area contributed by atoms with Crippen LogP contribution in [-0.4, -0.2) is 49.8 Å². The summed E-state index contributed by atoms with van der Waals surface area (Å²) >= 11 is 0. The molecule has 1 heterocycles. The summed E-state index contributed by atoms with van der Waals surface area (Å²) in [5, 5.41) is 2.57. The Hall–Kier alpha value is -2.77. The third kappa shape index (κ3) is 5.65. The number of nitrogens with one attached hydrogen (secondary N) is 1. The third-order valence-electron chi connectivity index (χ3n) is 3.61. The number of hydrogen-bond acceptors (Lipinski definition) is 7. The maximum atomic E-state index is 12.1. The Morgan fingerprint density at radius 3 is 2.50 bits per heavy atom. The van der Waals surface area contributed by atoms with E-state index in [9.17, 15) is 14.4 Å². The van der Waals surface area contributed by atoms with Gasteiger partial charge in [0, 0.05) is 13.0 Å². The van der Waals surface area contributed by atoms with Crippen molar-refractivity contribution in [1.29, 1.82) is 0 Å². The van der Waals surface area contributed by atoms with Crippen LogP contribution in [0.3, 0.4) is 0 Å². The Labute approximate surface area is 151 Å². The zero-order chi connectivity index (χ0) is 18.9. The van der Waals surface area contributed by atoms with Crippen LogP contribution in [0.15, 0.2) is 24.3 Å². The van der Waals surface area contributed by atoms with E-state index >= 15 is 0 Å². The second-order valence-electron chi connectivity index (χ2n) is 5.67. The van der Waals surface area contributed by atoms with E-state index in [2.05, 4.69) is 5.32 Å². The number of carbonyl (C=O) groups is 3. The van der Waals surface area contributed by atoms with E-state index in [1.165, 1.54) is 0 Å². The van der Waals surface area contributed by atoms with Gasteiger partial charge in [-0.2, -0.15) is 0 Å². The van der Waals surface area contributed by atoms with Crippen molar-refractivity contribution in [2.75, 3.05) is 19.8 Å². The molecule has 2 rings (SSSR count). The number of hydrogen-bond donors (Lipinski definition) is 1. The average Bonchev–Trinajstić information content (AvgIpc) is 2.63. The smallest absolute Gasteiger partial charge is 0.351 e. The molecule has 0 saturated heterocycles. The molecular formula is C18H23NO7. The first-order valence-corrected chi connectivity index (χ1v) is 8.52. The molecule has 0 saturated carbocycles. The molecule has 1 aromatic rings. The highest BCUT2D eigenvalue weighted by molar-refractivity contribution is 5.82. The molecule has 0 aromatic heterocycles. The van der Waals surface area contributed by atoms with Crippen LogP contribution < -0.4 is 14.8 Å². The molecule has 1 aromatic carbocycles. The second kappa shape index (κ2) is 9.65. The first-order chi connectivity index (χ1) is 12.5. The van der Waals surface area contributed by atoms with Crippen LogP contribution >= 0.6 is 0 Å². The van der Waals surface area contributed by atoms with E-state index in [1.807, 2.05) is 0 Å². The fraction of sp³-hybridized carbons (Fsp3) is 0.500. The molecule has 26 heavy (non-hydrogen) atoms. The van der Waals surface area contributed by atoms with Crippen molar-refractivity contribution in [3.05, 3.63) is 24.3 Å². The van der Waals surface area contributed by atoms with Crippen molar-refractivity contribution < 1.29 is 33.3 Å². The van der Waals surface area contributed by atoms with Crippen LogP contribution in [-0.2, 0) is 23.9 Å². The third-order valence-corrected chi connectivity index (χ3v) is 3.61. The van der Waals surface area contributed by atoms with Crippen LogP contribution in [0.1, 0.15) is 26.7 Å². The van der Waals surface area contributed by atoms with Gasteiger partial charge in [0.05, 0.1) is 6.61 Å². The van der Waals surface area contributed by atoms with Gasteiger partial charge in [-0.1, -0.05) is 12.1 Å². The van der Waals surface area contributed by atoms with Crippen LogP contribution in [0.25, 0.3) is 0 Å². The van der Waals surface area contributed by atoms with Gasteiger partial charge < -0.3 is 24.3 Å². The van der Waals surface area contributed by atoms with Crippen molar-refractivity contribution in [2.45, 2.75) is 38.9 Å². The summed E-state index contributed by atoms with van der Waals surface area (Å²) in [4.78, 5) is 35.0. The largest absolute Gasteiger partial charge is 0.482 e. The molecular weight excluding hydrogens is 342 g/mol. The number of esters is 2. The quantitative estimate of drug-likeness (QED) is 0.546. The van der Waals surface area contributed by atoms with Gasteiger partial charge in [0.2, 0.25) is 6.10 Å². The summed E-state index contributed by atoms with van der Waals surface area (Å²) in [5.74, 6) is -0.420. The summed E-state index contributed by atoms with van der Waals surface area (Å²) < 4.78 is 21.0. The summed E-state index contributed by atoms with van der Waals surface area (Å²) in [6.07, 6.45) is -0.809. The van der Waals surface area contributed by atoms with E-state index in [4.69, 9.17) is 18.9 Å². The average molecular weight is 365 g/mol. The molecule has 1 aliphatic rings. The molecule has 0 fully saturated rings. The first kappa shape index (κ1) is 19.6. The highest BCUT2D eigenvalue weighted by atomic mass is 16.6. The van der Waals surface area contributed by atoms with Gasteiger partial charge in [0.25, 0.3) is 5.91 Å². The van der Waals surface area contributed by atoms with E-state index in [-0.39, 0.29) is 12.4 Å². The molecule has 2 atom stereocenters. The maximum Gasteiger partial charge on any atom is 0.351 e. The van der Waals surface area contributed by atoms with Crippen LogP contribution in [0.2, 0.25) is 0 Å². The lowest BCUT2D eigenvalue weighted by Crippen LogP contribution is -2.45. The Bertz CT molecular complexity index is 646. The molecule has 1 aliphatic heterocycles. The summed E-state index contributed by atoms with van der Waals surface area (Å²) in [6.45, 7) is 3.62. The number of amides is 1. The zero-order valence-corrected chi connectivity index (χ0v) is 14.9. The Morgan fingerprint density at radius 2 is 1.81 bits per heavy atom. The van der Waals surface area contributed by atoms with Gasteiger partial charge >= 0.3 is 11.9 Å². The predicted molar refractivity (Wildman–Crippen MR) is 90.8 cm³/mol. The van der Waals surface area contributed by atoms with Crippen molar-refractivity contribution in [3.63, 3.8) is 0 Å². The lowest BCUT2D eigenvalue weighted by Gasteiger charge is -2.30. The molecule has 0 aliphatic carbocycles. The van der Waals surface area contributed by atoms with Gasteiger partial charge in [-0.3, -0.25) is 9.59 Å². The maximum absolute atomic E-state index is 12.1. The number of fused-ring (bicyclic) bond motifs is 1. The van der Waals surface area contributed by atoms with Crippen molar-refractivity contribution in [2.24, 2.45) is 0 Å². The fourth-order valence-electron chi connectivity index (χ4n) is 2.34. The Morgan fingerprint density at radius 1 is 1.12 bits per heavy atom. The fourth-order valence-corrected chi connectivity index (χ4v) is 2.34. The van der Waals surface area contributed by atoms with Gasteiger partial charge in [0.1, 0.15) is 6.10 Å². The minimum absolute atomic E-state index is 0.220. The highest BCUT2D eigenvalue weighted by Gasteiger charge is 2.35. The summed E-state index contributed by atoms with van der Waals surface area (Å²) in [7, 11) is 0. The first-order valence-electron chi connectivity index (χ1n) is 8.52. The van der Waals surface area contributed by atoms with Gasteiger partial charge in [-0.05, 0) is 32.4 Å². The molecule has 0 spiro atoms. The van der Waals surface area contributed by atoms with E-state index in [0.29, 0.717) is 31.1 Å². The molecule has 1 amide bonds. The number of carbonyl (C=O) groups excluding carboxylic acids is 3. The van der Waals surface area contributed by atoms with Gasteiger partial charge in [0.15, 0.2) is 18.1 Å². The van der Waals surface area contributed by atoms with Crippen molar-refractivity contribution in [1.82, 2.24) is 5.32 Å². The predicted octanol–water partition coefficient (Wildman–Crippen LogP) is 1.22. The number of benzene rings is 1. The van der Waals surface area contributed by atoms with Gasteiger partial charge in [-0.25, -0.2) is 4.79 Å². The Balaban J connectivity index is 1.70. The highest BCUT2D eigenvalue weighted by Crippen LogP contribution is 2.33. The van der Waals surface area contributed by atoms with Crippen molar-refractivity contribution >= 4 is 17.8 Å². The van der Waals surface area contributed by atoms with E-state index < -0.39 is 30.7 Å². The molecule has 0 bridgehead atoms. The summed E-state index contributed by atoms with van der Waals surface area (Å²) in [6, 6.07) is 7.01. The lowest BCUT2D eigenvalue weighted by atomic mass is 10.2. The van der Waals surface area contributed by atoms with Crippen LogP contribution in [0, 0.1) is 0 Å². The second-order valence-corrected chi connectivity index (χ2v) is 5.67. The number of ether oxygens (including phenoxy) is 4. The SMILES string of the molecule is CCOC(=O)CCCNC(=O)COC(=O)C1Oc2ccccc2OC1C. The van der Waals surface area contributed by atoms with Gasteiger partial charge in [-0.15, -0.1) is 0 Å².